The number of methoxy groups -OCH3 is 1. The number of aryl methyl sites for hydroxylation is 2. The number of aromatic nitrogens is 1. The average Bonchev–Trinajstić information content (AvgIpc) is 2.80. The minimum absolute atomic E-state index is 0.390. The van der Waals surface area contributed by atoms with Crippen molar-refractivity contribution in [1.29, 1.82) is 0 Å². The van der Waals surface area contributed by atoms with E-state index in [0.29, 0.717) is 23.6 Å². The number of nitrogens with zero attached hydrogens (tertiary/aromatic N) is 1. The van der Waals surface area contributed by atoms with Gasteiger partial charge < -0.3 is 14.5 Å². The quantitative estimate of drug-likeness (QED) is 0.683. The first-order valence-electron chi connectivity index (χ1n) is 6.05. The summed E-state index contributed by atoms with van der Waals surface area (Å²) in [4.78, 5) is 15.7. The molecule has 0 aromatic carbocycles. The Morgan fingerprint density at radius 1 is 1.45 bits per heavy atom. The Bertz CT molecular complexity index is 637. The van der Waals surface area contributed by atoms with Crippen LogP contribution in [0.15, 0.2) is 27.3 Å². The van der Waals surface area contributed by atoms with Gasteiger partial charge in [-0.1, -0.05) is 0 Å². The lowest BCUT2D eigenvalue weighted by Gasteiger charge is -2.05. The van der Waals surface area contributed by atoms with Gasteiger partial charge in [-0.2, -0.15) is 0 Å². The summed E-state index contributed by atoms with van der Waals surface area (Å²) < 4.78 is 11.0. The highest BCUT2D eigenvalue weighted by Crippen LogP contribution is 2.19. The van der Waals surface area contributed by atoms with Crippen LogP contribution in [0.5, 0.6) is 0 Å². The largest absolute Gasteiger partial charge is 0.465 e. The van der Waals surface area contributed by atoms with E-state index in [-0.39, 0.29) is 0 Å². The summed E-state index contributed by atoms with van der Waals surface area (Å²) in [6.07, 6.45) is 1.73. The Morgan fingerprint density at radius 3 is 2.85 bits per heavy atom. The van der Waals surface area contributed by atoms with Crippen LogP contribution >= 0.6 is 15.9 Å². The number of halogens is 1. The van der Waals surface area contributed by atoms with E-state index in [0.717, 1.165) is 15.9 Å². The molecule has 20 heavy (non-hydrogen) atoms. The van der Waals surface area contributed by atoms with Crippen LogP contribution in [-0.2, 0) is 11.3 Å². The van der Waals surface area contributed by atoms with Crippen LogP contribution in [0, 0.1) is 13.8 Å². The van der Waals surface area contributed by atoms with Gasteiger partial charge in [-0.05, 0) is 47.5 Å². The fourth-order valence-electron chi connectivity index (χ4n) is 1.79. The maximum atomic E-state index is 11.5. The lowest BCUT2D eigenvalue weighted by atomic mass is 10.2. The van der Waals surface area contributed by atoms with Gasteiger partial charge in [0, 0.05) is 0 Å². The Kier molecular flexibility index (Phi) is 4.44. The number of carbonyl (C=O) groups is 1. The molecular formula is C14H15BrN2O3. The topological polar surface area (TPSA) is 64.4 Å². The van der Waals surface area contributed by atoms with E-state index in [4.69, 9.17) is 4.42 Å². The third kappa shape index (κ3) is 3.19. The molecule has 0 fully saturated rings. The zero-order valence-electron chi connectivity index (χ0n) is 11.5. The fourth-order valence-corrected chi connectivity index (χ4v) is 2.00. The van der Waals surface area contributed by atoms with Crippen LogP contribution < -0.4 is 5.32 Å². The van der Waals surface area contributed by atoms with Crippen LogP contribution in [-0.4, -0.2) is 18.1 Å². The van der Waals surface area contributed by atoms with Gasteiger partial charge in [-0.3, -0.25) is 0 Å². The lowest BCUT2D eigenvalue weighted by Crippen LogP contribution is -2.01. The summed E-state index contributed by atoms with van der Waals surface area (Å²) >= 11 is 3.35. The highest BCUT2D eigenvalue weighted by Gasteiger charge is 2.15. The predicted octanol–water partition coefficient (Wildman–Crippen LogP) is 3.45. The minimum Gasteiger partial charge on any atom is -0.465 e. The predicted molar refractivity (Wildman–Crippen MR) is 78.8 cm³/mol. The number of ether oxygens (including phenoxy) is 1. The molecule has 2 rings (SSSR count). The molecule has 0 amide bonds. The van der Waals surface area contributed by atoms with Crippen LogP contribution in [0.4, 0.5) is 5.69 Å². The molecule has 1 N–H and O–H groups in total. The van der Waals surface area contributed by atoms with Crippen molar-refractivity contribution in [2.75, 3.05) is 12.4 Å². The summed E-state index contributed by atoms with van der Waals surface area (Å²) in [6.45, 7) is 4.18. The second-order valence-corrected chi connectivity index (χ2v) is 5.11. The summed E-state index contributed by atoms with van der Waals surface area (Å²) in [5.41, 5.74) is 2.38. The maximum absolute atomic E-state index is 11.5. The summed E-state index contributed by atoms with van der Waals surface area (Å²) in [5, 5.41) is 3.20. The molecule has 0 aliphatic rings. The van der Waals surface area contributed by atoms with E-state index in [9.17, 15) is 4.79 Å². The zero-order chi connectivity index (χ0) is 14.7. The molecule has 2 heterocycles. The van der Waals surface area contributed by atoms with Gasteiger partial charge in [-0.15, -0.1) is 0 Å². The van der Waals surface area contributed by atoms with Gasteiger partial charge in [0.15, 0.2) is 0 Å². The van der Waals surface area contributed by atoms with Gasteiger partial charge in [0.2, 0.25) is 0 Å². The summed E-state index contributed by atoms with van der Waals surface area (Å²) in [5.74, 6) is 0.834. The first kappa shape index (κ1) is 14.6. The fraction of sp³-hybridized carbons (Fsp3) is 0.286. The van der Waals surface area contributed by atoms with Crippen molar-refractivity contribution in [3.8, 4) is 0 Å². The number of furan rings is 1. The third-order valence-electron chi connectivity index (χ3n) is 2.86. The number of pyridine rings is 1. The van der Waals surface area contributed by atoms with E-state index in [1.807, 2.05) is 13.0 Å². The van der Waals surface area contributed by atoms with E-state index in [1.54, 1.807) is 19.2 Å². The minimum atomic E-state index is -0.390. The number of anilines is 1. The highest BCUT2D eigenvalue weighted by atomic mass is 79.9. The molecule has 5 nitrogen and oxygen atoms in total. The van der Waals surface area contributed by atoms with Crippen molar-refractivity contribution in [2.24, 2.45) is 0 Å². The molecular weight excluding hydrogens is 324 g/mol. The van der Waals surface area contributed by atoms with Gasteiger partial charge >= 0.3 is 5.97 Å². The van der Waals surface area contributed by atoms with E-state index in [2.05, 4.69) is 31.0 Å². The smallest absolute Gasteiger partial charge is 0.341 e. The van der Waals surface area contributed by atoms with E-state index < -0.39 is 5.97 Å². The Hall–Kier alpha value is -1.82. The Balaban J connectivity index is 2.07. The first-order valence-corrected chi connectivity index (χ1v) is 6.84. The number of hydrogen-bond donors (Lipinski definition) is 1. The normalized spacial score (nSPS) is 10.4. The van der Waals surface area contributed by atoms with Crippen molar-refractivity contribution < 1.29 is 13.9 Å². The van der Waals surface area contributed by atoms with Gasteiger partial charge in [0.1, 0.15) is 21.7 Å². The molecule has 0 aliphatic carbocycles. The molecule has 0 unspecified atom stereocenters. The molecule has 0 radical (unpaired) electrons. The monoisotopic (exact) mass is 338 g/mol. The van der Waals surface area contributed by atoms with Crippen molar-refractivity contribution in [2.45, 2.75) is 20.4 Å². The number of esters is 1. The van der Waals surface area contributed by atoms with Crippen LogP contribution in [0.2, 0.25) is 0 Å². The molecule has 0 atom stereocenters. The molecule has 0 bridgehead atoms. The lowest BCUT2D eigenvalue weighted by molar-refractivity contribution is 0.0599. The van der Waals surface area contributed by atoms with Gasteiger partial charge in [0.05, 0.1) is 25.5 Å². The van der Waals surface area contributed by atoms with Crippen molar-refractivity contribution in [3.63, 3.8) is 0 Å². The van der Waals surface area contributed by atoms with Crippen molar-refractivity contribution >= 4 is 27.6 Å². The number of carbonyl (C=O) groups excluding carboxylic acids is 1. The molecule has 2 aromatic heterocycles. The van der Waals surface area contributed by atoms with E-state index in [1.165, 1.54) is 7.11 Å². The molecule has 2 aromatic rings. The SMILES string of the molecule is COC(=O)c1cc(CNc2cnc(Br)c(C)c2)oc1C. The van der Waals surface area contributed by atoms with E-state index >= 15 is 0 Å². The van der Waals surface area contributed by atoms with Crippen LogP contribution in [0.3, 0.4) is 0 Å². The van der Waals surface area contributed by atoms with Crippen LogP contribution in [0.1, 0.15) is 27.4 Å². The van der Waals surface area contributed by atoms with Gasteiger partial charge in [0.25, 0.3) is 0 Å². The standard InChI is InChI=1S/C14H15BrN2O3/c1-8-4-10(6-17-13(8)15)16-7-11-5-12(9(2)20-11)14(18)19-3/h4-6,16H,7H2,1-3H3. The molecule has 6 heteroatoms. The zero-order valence-corrected chi connectivity index (χ0v) is 13.1. The van der Waals surface area contributed by atoms with Crippen molar-refractivity contribution in [3.05, 3.63) is 45.6 Å². The second-order valence-electron chi connectivity index (χ2n) is 4.36. The highest BCUT2D eigenvalue weighted by molar-refractivity contribution is 9.10. The molecule has 0 aliphatic heterocycles. The molecule has 0 spiro atoms. The van der Waals surface area contributed by atoms with Gasteiger partial charge in [-0.25, -0.2) is 9.78 Å². The second kappa shape index (κ2) is 6.09. The molecule has 0 saturated heterocycles. The Labute approximate surface area is 125 Å². The Morgan fingerprint density at radius 2 is 2.20 bits per heavy atom. The van der Waals surface area contributed by atoms with Crippen molar-refractivity contribution in [1.82, 2.24) is 4.98 Å². The summed E-state index contributed by atoms with van der Waals surface area (Å²) in [7, 11) is 1.35. The number of hydrogen-bond acceptors (Lipinski definition) is 5. The number of nitrogens with one attached hydrogen (secondary N) is 1. The molecule has 106 valence electrons. The number of rotatable bonds is 4. The summed E-state index contributed by atoms with van der Waals surface area (Å²) in [6, 6.07) is 3.67. The first-order chi connectivity index (χ1) is 9.51. The maximum Gasteiger partial charge on any atom is 0.341 e. The third-order valence-corrected chi connectivity index (χ3v) is 3.69. The molecule has 0 saturated carbocycles. The average molecular weight is 339 g/mol. The van der Waals surface area contributed by atoms with Crippen LogP contribution in [0.25, 0.3) is 0 Å².